The van der Waals surface area contributed by atoms with Crippen LogP contribution in [0.15, 0.2) is 45.5 Å². The Hall–Kier alpha value is -2.60. The van der Waals surface area contributed by atoms with E-state index in [-0.39, 0.29) is 11.9 Å². The molecule has 0 saturated carbocycles. The number of fused-ring (bicyclic) bond motifs is 1. The molecule has 1 aliphatic heterocycles. The van der Waals surface area contributed by atoms with Crippen LogP contribution in [0.1, 0.15) is 28.2 Å². The normalized spacial score (nSPS) is 18.3. The summed E-state index contributed by atoms with van der Waals surface area (Å²) in [6.07, 6.45) is 2.62. The van der Waals surface area contributed by atoms with Crippen LogP contribution in [0.2, 0.25) is 0 Å². The highest BCUT2D eigenvalue weighted by Gasteiger charge is 2.26. The maximum absolute atomic E-state index is 12.4. The lowest BCUT2D eigenvalue weighted by molar-refractivity contribution is 0.0912. The predicted molar refractivity (Wildman–Crippen MR) is 88.6 cm³/mol. The Bertz CT molecular complexity index is 834. The molecule has 6 heteroatoms. The number of carbonyl (C=O) groups is 1. The van der Waals surface area contributed by atoms with Crippen LogP contribution in [-0.4, -0.2) is 35.1 Å². The molecule has 1 amide bonds. The quantitative estimate of drug-likeness (QED) is 0.798. The molecule has 1 saturated heterocycles. The van der Waals surface area contributed by atoms with Crippen LogP contribution in [0, 0.1) is 6.92 Å². The molecule has 4 rings (SSSR count). The highest BCUT2D eigenvalue weighted by atomic mass is 16.5. The van der Waals surface area contributed by atoms with Crippen LogP contribution in [0.4, 0.5) is 0 Å². The number of aryl methyl sites for hydroxylation is 1. The summed E-state index contributed by atoms with van der Waals surface area (Å²) >= 11 is 0. The van der Waals surface area contributed by atoms with Crippen LogP contribution in [0.5, 0.6) is 0 Å². The Labute approximate surface area is 139 Å². The van der Waals surface area contributed by atoms with Crippen molar-refractivity contribution in [3.05, 3.63) is 53.6 Å². The lowest BCUT2D eigenvalue weighted by atomic mass is 10.2. The number of carbonyl (C=O) groups excluding carboxylic acids is 1. The lowest BCUT2D eigenvalue weighted by Gasteiger charge is -2.15. The Morgan fingerprint density at radius 2 is 2.29 bits per heavy atom. The first-order valence-corrected chi connectivity index (χ1v) is 8.11. The van der Waals surface area contributed by atoms with E-state index in [1.807, 2.05) is 31.2 Å². The summed E-state index contributed by atoms with van der Waals surface area (Å²) in [6, 6.07) is 9.55. The number of nitrogens with one attached hydrogen (secondary N) is 1. The Balaban J connectivity index is 1.37. The third-order valence-corrected chi connectivity index (χ3v) is 4.50. The maximum atomic E-state index is 12.4. The van der Waals surface area contributed by atoms with Crippen molar-refractivity contribution in [3.8, 4) is 0 Å². The number of hydrogen-bond donors (Lipinski definition) is 1. The van der Waals surface area contributed by atoms with E-state index in [2.05, 4.69) is 15.4 Å². The van der Waals surface area contributed by atoms with Crippen LogP contribution in [0.3, 0.4) is 0 Å². The van der Waals surface area contributed by atoms with E-state index >= 15 is 0 Å². The molecule has 1 aromatic carbocycles. The molecule has 0 bridgehead atoms. The van der Waals surface area contributed by atoms with Crippen LogP contribution < -0.4 is 5.32 Å². The number of furan rings is 1. The van der Waals surface area contributed by atoms with Crippen molar-refractivity contribution in [3.63, 3.8) is 0 Å². The summed E-state index contributed by atoms with van der Waals surface area (Å²) in [5, 5.41) is 7.91. The molecule has 1 N–H and O–H groups in total. The van der Waals surface area contributed by atoms with Gasteiger partial charge in [0.1, 0.15) is 11.8 Å². The summed E-state index contributed by atoms with van der Waals surface area (Å²) in [5.74, 6) is 0.212. The second kappa shape index (κ2) is 6.13. The number of hydrogen-bond acceptors (Lipinski definition) is 5. The monoisotopic (exact) mass is 325 g/mol. The van der Waals surface area contributed by atoms with Gasteiger partial charge in [0.05, 0.1) is 5.69 Å². The summed E-state index contributed by atoms with van der Waals surface area (Å²) in [7, 11) is 0. The van der Waals surface area contributed by atoms with Gasteiger partial charge in [0.25, 0.3) is 5.91 Å². The van der Waals surface area contributed by atoms with E-state index in [0.717, 1.165) is 48.3 Å². The zero-order chi connectivity index (χ0) is 16.5. The fourth-order valence-electron chi connectivity index (χ4n) is 3.15. The van der Waals surface area contributed by atoms with Gasteiger partial charge in [0.15, 0.2) is 5.76 Å². The molecule has 1 fully saturated rings. The van der Waals surface area contributed by atoms with E-state index < -0.39 is 0 Å². The van der Waals surface area contributed by atoms with Gasteiger partial charge in [-0.2, -0.15) is 0 Å². The number of amides is 1. The van der Waals surface area contributed by atoms with Gasteiger partial charge in [-0.15, -0.1) is 0 Å². The predicted octanol–water partition coefficient (Wildman–Crippen LogP) is 2.73. The van der Waals surface area contributed by atoms with Crippen LogP contribution in [0.25, 0.3) is 11.0 Å². The molecular weight excluding hydrogens is 306 g/mol. The average molecular weight is 325 g/mol. The minimum atomic E-state index is -0.154. The number of para-hydroxylation sites is 1. The van der Waals surface area contributed by atoms with Crippen molar-refractivity contribution in [2.45, 2.75) is 25.9 Å². The molecule has 124 valence electrons. The van der Waals surface area contributed by atoms with Crippen LogP contribution >= 0.6 is 0 Å². The second-order valence-corrected chi connectivity index (χ2v) is 6.27. The van der Waals surface area contributed by atoms with Crippen LogP contribution in [-0.2, 0) is 6.54 Å². The maximum Gasteiger partial charge on any atom is 0.287 e. The highest BCUT2D eigenvalue weighted by molar-refractivity contribution is 5.96. The molecule has 6 nitrogen and oxygen atoms in total. The molecule has 0 unspecified atom stereocenters. The van der Waals surface area contributed by atoms with Gasteiger partial charge in [0, 0.05) is 36.6 Å². The van der Waals surface area contributed by atoms with Gasteiger partial charge >= 0.3 is 0 Å². The Morgan fingerprint density at radius 1 is 1.42 bits per heavy atom. The van der Waals surface area contributed by atoms with Crippen molar-refractivity contribution in [1.82, 2.24) is 15.4 Å². The van der Waals surface area contributed by atoms with Gasteiger partial charge in [-0.05, 0) is 25.5 Å². The minimum Gasteiger partial charge on any atom is -0.451 e. The molecule has 24 heavy (non-hydrogen) atoms. The molecule has 3 heterocycles. The van der Waals surface area contributed by atoms with E-state index in [1.165, 1.54) is 0 Å². The largest absolute Gasteiger partial charge is 0.451 e. The van der Waals surface area contributed by atoms with E-state index in [0.29, 0.717) is 5.76 Å². The molecule has 3 aromatic rings. The smallest absolute Gasteiger partial charge is 0.287 e. The third-order valence-electron chi connectivity index (χ3n) is 4.50. The molecule has 0 spiro atoms. The van der Waals surface area contributed by atoms with Crippen molar-refractivity contribution in [1.29, 1.82) is 0 Å². The summed E-state index contributed by atoms with van der Waals surface area (Å²) in [4.78, 5) is 14.7. The zero-order valence-electron chi connectivity index (χ0n) is 13.5. The SMILES string of the molecule is Cc1nocc1CN1CC[C@H](NC(=O)c2cc3ccccc3o2)C1. The molecule has 1 aliphatic rings. The fraction of sp³-hybridized carbons (Fsp3) is 0.333. The minimum absolute atomic E-state index is 0.130. The summed E-state index contributed by atoms with van der Waals surface area (Å²) in [5.41, 5.74) is 2.75. The first-order chi connectivity index (χ1) is 11.7. The number of rotatable bonds is 4. The first-order valence-electron chi connectivity index (χ1n) is 8.11. The topological polar surface area (TPSA) is 71.5 Å². The number of likely N-dealkylation sites (tertiary alicyclic amines) is 1. The zero-order valence-corrected chi connectivity index (χ0v) is 13.5. The molecule has 0 radical (unpaired) electrons. The second-order valence-electron chi connectivity index (χ2n) is 6.27. The average Bonchev–Trinajstić information content (AvgIpc) is 3.28. The Kier molecular flexibility index (Phi) is 3.82. The van der Waals surface area contributed by atoms with Gasteiger partial charge < -0.3 is 14.3 Å². The number of nitrogens with zero attached hydrogens (tertiary/aromatic N) is 2. The standard InChI is InChI=1S/C18H19N3O3/c1-12-14(11-23-20-12)9-21-7-6-15(10-21)19-18(22)17-8-13-4-2-3-5-16(13)24-17/h2-5,8,11,15H,6-7,9-10H2,1H3,(H,19,22)/t15-/m0/s1. The first kappa shape index (κ1) is 15.0. The number of benzene rings is 1. The van der Waals surface area contributed by atoms with Gasteiger partial charge in [-0.3, -0.25) is 9.69 Å². The van der Waals surface area contributed by atoms with E-state index in [9.17, 15) is 4.79 Å². The lowest BCUT2D eigenvalue weighted by Crippen LogP contribution is -2.36. The van der Waals surface area contributed by atoms with Gasteiger partial charge in [-0.1, -0.05) is 23.4 Å². The number of aromatic nitrogens is 1. The fourth-order valence-corrected chi connectivity index (χ4v) is 3.15. The third kappa shape index (κ3) is 2.92. The van der Waals surface area contributed by atoms with Gasteiger partial charge in [0.2, 0.25) is 0 Å². The van der Waals surface area contributed by atoms with E-state index in [4.69, 9.17) is 8.94 Å². The highest BCUT2D eigenvalue weighted by Crippen LogP contribution is 2.20. The van der Waals surface area contributed by atoms with E-state index in [1.54, 1.807) is 12.3 Å². The van der Waals surface area contributed by atoms with Crippen molar-refractivity contribution < 1.29 is 13.7 Å². The van der Waals surface area contributed by atoms with Crippen molar-refractivity contribution >= 4 is 16.9 Å². The summed E-state index contributed by atoms with van der Waals surface area (Å²) in [6.45, 7) is 4.49. The Morgan fingerprint density at radius 3 is 3.08 bits per heavy atom. The molecular formula is C18H19N3O3. The molecule has 2 aromatic heterocycles. The van der Waals surface area contributed by atoms with Crippen molar-refractivity contribution in [2.75, 3.05) is 13.1 Å². The van der Waals surface area contributed by atoms with Gasteiger partial charge in [-0.25, -0.2) is 0 Å². The van der Waals surface area contributed by atoms with Crippen molar-refractivity contribution in [2.24, 2.45) is 0 Å². The summed E-state index contributed by atoms with van der Waals surface area (Å²) < 4.78 is 10.6. The molecule has 0 aliphatic carbocycles. The molecule has 1 atom stereocenters.